The molecule has 4 rings (SSSR count). The molecule has 0 spiro atoms. The molecule has 0 saturated carbocycles. The SMILES string of the molecule is Cc1cccnc1NC(=O)c1cc(-c2ccc(Cl)c(Cl)c2)nc2ccccc12. The van der Waals surface area contributed by atoms with Crippen LogP contribution >= 0.6 is 23.2 Å². The van der Waals surface area contributed by atoms with E-state index in [2.05, 4.69) is 15.3 Å². The van der Waals surface area contributed by atoms with Crippen LogP contribution in [0.25, 0.3) is 22.2 Å². The van der Waals surface area contributed by atoms with E-state index in [4.69, 9.17) is 23.2 Å². The molecule has 0 aliphatic rings. The van der Waals surface area contributed by atoms with E-state index in [0.717, 1.165) is 16.5 Å². The number of aromatic nitrogens is 2. The lowest BCUT2D eigenvalue weighted by Gasteiger charge is -2.11. The Hall–Kier alpha value is -2.95. The van der Waals surface area contributed by atoms with Gasteiger partial charge in [0, 0.05) is 17.1 Å². The summed E-state index contributed by atoms with van der Waals surface area (Å²) in [5, 5.41) is 4.56. The number of amides is 1. The van der Waals surface area contributed by atoms with Gasteiger partial charge in [0.25, 0.3) is 5.91 Å². The van der Waals surface area contributed by atoms with Crippen LogP contribution in [-0.4, -0.2) is 15.9 Å². The molecule has 1 amide bonds. The molecule has 0 bridgehead atoms. The van der Waals surface area contributed by atoms with Crippen LogP contribution in [0.2, 0.25) is 10.0 Å². The number of aryl methyl sites for hydroxylation is 1. The first-order valence-electron chi connectivity index (χ1n) is 8.61. The van der Waals surface area contributed by atoms with Crippen LogP contribution < -0.4 is 5.32 Å². The Kier molecular flexibility index (Phi) is 4.99. The van der Waals surface area contributed by atoms with Gasteiger partial charge in [0.05, 0.1) is 26.8 Å². The van der Waals surface area contributed by atoms with Crippen molar-refractivity contribution in [3.63, 3.8) is 0 Å². The van der Waals surface area contributed by atoms with Gasteiger partial charge in [0.2, 0.25) is 0 Å². The number of carbonyl (C=O) groups excluding carboxylic acids is 1. The molecule has 0 atom stereocenters. The van der Waals surface area contributed by atoms with Crippen molar-refractivity contribution >= 4 is 45.8 Å². The van der Waals surface area contributed by atoms with Gasteiger partial charge in [0.1, 0.15) is 5.82 Å². The Bertz CT molecular complexity index is 1210. The molecule has 2 aromatic heterocycles. The van der Waals surface area contributed by atoms with E-state index >= 15 is 0 Å². The third kappa shape index (κ3) is 3.57. The highest BCUT2D eigenvalue weighted by Crippen LogP contribution is 2.30. The van der Waals surface area contributed by atoms with Crippen LogP contribution in [0.15, 0.2) is 66.9 Å². The van der Waals surface area contributed by atoms with Gasteiger partial charge in [-0.25, -0.2) is 9.97 Å². The number of nitrogens with zero attached hydrogens (tertiary/aromatic N) is 2. The minimum atomic E-state index is -0.248. The van der Waals surface area contributed by atoms with E-state index in [1.54, 1.807) is 24.4 Å². The lowest BCUT2D eigenvalue weighted by molar-refractivity contribution is 0.102. The average Bonchev–Trinajstić information content (AvgIpc) is 2.71. The number of hydrogen-bond acceptors (Lipinski definition) is 3. The van der Waals surface area contributed by atoms with Crippen LogP contribution in [0.4, 0.5) is 5.82 Å². The normalized spacial score (nSPS) is 10.8. The molecule has 6 heteroatoms. The second-order valence-corrected chi connectivity index (χ2v) is 7.14. The molecular weight excluding hydrogens is 393 g/mol. The second-order valence-electron chi connectivity index (χ2n) is 6.32. The van der Waals surface area contributed by atoms with Gasteiger partial charge in [-0.2, -0.15) is 0 Å². The molecule has 2 heterocycles. The molecule has 0 radical (unpaired) electrons. The molecule has 1 N–H and O–H groups in total. The van der Waals surface area contributed by atoms with Crippen LogP contribution in [-0.2, 0) is 0 Å². The van der Waals surface area contributed by atoms with E-state index < -0.39 is 0 Å². The van der Waals surface area contributed by atoms with Gasteiger partial charge < -0.3 is 5.32 Å². The maximum atomic E-state index is 13.1. The molecule has 2 aromatic carbocycles. The first kappa shape index (κ1) is 18.4. The summed E-state index contributed by atoms with van der Waals surface area (Å²) in [5.41, 5.74) is 3.54. The number of halogens is 2. The van der Waals surface area contributed by atoms with Crippen molar-refractivity contribution in [2.45, 2.75) is 6.92 Å². The summed E-state index contributed by atoms with van der Waals surface area (Å²) in [7, 11) is 0. The van der Waals surface area contributed by atoms with Gasteiger partial charge in [0.15, 0.2) is 0 Å². The molecule has 4 aromatic rings. The molecule has 0 unspecified atom stereocenters. The number of benzene rings is 2. The zero-order valence-electron chi connectivity index (χ0n) is 14.9. The fourth-order valence-electron chi connectivity index (χ4n) is 2.96. The van der Waals surface area contributed by atoms with Crippen molar-refractivity contribution in [3.8, 4) is 11.3 Å². The highest BCUT2D eigenvalue weighted by molar-refractivity contribution is 6.42. The molecule has 138 valence electrons. The Morgan fingerprint density at radius 3 is 2.57 bits per heavy atom. The molecule has 28 heavy (non-hydrogen) atoms. The van der Waals surface area contributed by atoms with E-state index in [9.17, 15) is 4.79 Å². The van der Waals surface area contributed by atoms with E-state index in [0.29, 0.717) is 32.6 Å². The minimum Gasteiger partial charge on any atom is -0.306 e. The number of pyridine rings is 2. The smallest absolute Gasteiger partial charge is 0.257 e. The Balaban J connectivity index is 1.83. The molecule has 0 aliphatic heterocycles. The molecular formula is C22H15Cl2N3O. The summed E-state index contributed by atoms with van der Waals surface area (Å²) >= 11 is 12.2. The van der Waals surface area contributed by atoms with Crippen molar-refractivity contribution in [3.05, 3.63) is 88.0 Å². The summed E-state index contributed by atoms with van der Waals surface area (Å²) in [6.45, 7) is 1.90. The maximum Gasteiger partial charge on any atom is 0.257 e. The fraction of sp³-hybridized carbons (Fsp3) is 0.0455. The quantitative estimate of drug-likeness (QED) is 0.442. The number of rotatable bonds is 3. The molecule has 4 nitrogen and oxygen atoms in total. The second kappa shape index (κ2) is 7.58. The van der Waals surface area contributed by atoms with Crippen LogP contribution in [0.3, 0.4) is 0 Å². The van der Waals surface area contributed by atoms with Crippen LogP contribution in [0, 0.1) is 6.92 Å². The fourth-order valence-corrected chi connectivity index (χ4v) is 3.26. The summed E-state index contributed by atoms with van der Waals surface area (Å²) in [4.78, 5) is 22.0. The first-order valence-corrected chi connectivity index (χ1v) is 9.37. The highest BCUT2D eigenvalue weighted by atomic mass is 35.5. The first-order chi connectivity index (χ1) is 13.5. The van der Waals surface area contributed by atoms with Gasteiger partial charge in [-0.3, -0.25) is 4.79 Å². The zero-order valence-corrected chi connectivity index (χ0v) is 16.4. The number of para-hydroxylation sites is 1. The van der Waals surface area contributed by atoms with Crippen molar-refractivity contribution in [1.82, 2.24) is 9.97 Å². The van der Waals surface area contributed by atoms with Gasteiger partial charge >= 0.3 is 0 Å². The van der Waals surface area contributed by atoms with E-state index in [1.807, 2.05) is 49.4 Å². The van der Waals surface area contributed by atoms with Gasteiger partial charge in [-0.1, -0.05) is 53.5 Å². The third-order valence-electron chi connectivity index (χ3n) is 4.42. The summed E-state index contributed by atoms with van der Waals surface area (Å²) in [6.07, 6.45) is 1.65. The maximum absolute atomic E-state index is 13.1. The van der Waals surface area contributed by atoms with Crippen LogP contribution in [0.1, 0.15) is 15.9 Å². The Morgan fingerprint density at radius 1 is 0.964 bits per heavy atom. The number of fused-ring (bicyclic) bond motifs is 1. The van der Waals surface area contributed by atoms with Crippen molar-refractivity contribution < 1.29 is 4.79 Å². The predicted molar refractivity (Wildman–Crippen MR) is 114 cm³/mol. The molecule has 0 fully saturated rings. The number of carbonyl (C=O) groups is 1. The summed E-state index contributed by atoms with van der Waals surface area (Å²) in [5.74, 6) is 0.284. The van der Waals surface area contributed by atoms with Gasteiger partial charge in [-0.15, -0.1) is 0 Å². The van der Waals surface area contributed by atoms with Gasteiger partial charge in [-0.05, 0) is 42.8 Å². The monoisotopic (exact) mass is 407 g/mol. The standard InChI is InChI=1S/C22H15Cl2N3O/c1-13-5-4-10-25-21(13)27-22(28)16-12-20(14-8-9-17(23)18(24)11-14)26-19-7-3-2-6-15(16)19/h2-12H,1H3,(H,25,27,28). The predicted octanol–water partition coefficient (Wildman–Crippen LogP) is 6.16. The highest BCUT2D eigenvalue weighted by Gasteiger charge is 2.15. The number of anilines is 1. The lowest BCUT2D eigenvalue weighted by atomic mass is 10.0. The third-order valence-corrected chi connectivity index (χ3v) is 5.16. The van der Waals surface area contributed by atoms with Crippen molar-refractivity contribution in [1.29, 1.82) is 0 Å². The Labute approximate surface area is 172 Å². The van der Waals surface area contributed by atoms with Crippen LogP contribution in [0.5, 0.6) is 0 Å². The summed E-state index contributed by atoms with van der Waals surface area (Å²) < 4.78 is 0. The summed E-state index contributed by atoms with van der Waals surface area (Å²) in [6, 6.07) is 18.3. The zero-order chi connectivity index (χ0) is 19.7. The average molecular weight is 408 g/mol. The number of nitrogens with one attached hydrogen (secondary N) is 1. The van der Waals surface area contributed by atoms with E-state index in [1.165, 1.54) is 0 Å². The largest absolute Gasteiger partial charge is 0.306 e. The molecule has 0 saturated heterocycles. The van der Waals surface area contributed by atoms with Crippen molar-refractivity contribution in [2.24, 2.45) is 0 Å². The van der Waals surface area contributed by atoms with Crippen molar-refractivity contribution in [2.75, 3.05) is 5.32 Å². The lowest BCUT2D eigenvalue weighted by Crippen LogP contribution is -2.15. The topological polar surface area (TPSA) is 54.9 Å². The Morgan fingerprint density at radius 2 is 1.79 bits per heavy atom. The molecule has 0 aliphatic carbocycles. The minimum absolute atomic E-state index is 0.248. The van der Waals surface area contributed by atoms with E-state index in [-0.39, 0.29) is 5.91 Å². The number of hydrogen-bond donors (Lipinski definition) is 1.